The maximum atomic E-state index is 9.39. The van der Waals surface area contributed by atoms with Crippen LogP contribution in [0, 0.1) is 25.2 Å². The lowest BCUT2D eigenvalue weighted by atomic mass is 10.1. The molecule has 1 aromatic carbocycles. The third-order valence-corrected chi connectivity index (χ3v) is 3.79. The number of nitriles is 1. The third kappa shape index (κ3) is 3.12. The average molecular weight is 317 g/mol. The molecule has 0 atom stereocenters. The molecule has 2 aromatic rings. The topological polar surface area (TPSA) is 62.0 Å². The van der Waals surface area contributed by atoms with Crippen molar-refractivity contribution < 1.29 is 4.74 Å². The van der Waals surface area contributed by atoms with Crippen LogP contribution in [0.4, 0.5) is 5.82 Å². The van der Waals surface area contributed by atoms with Crippen molar-refractivity contribution in [3.63, 3.8) is 0 Å². The molecule has 0 unspecified atom stereocenters. The smallest absolute Gasteiger partial charge is 0.169 e. The van der Waals surface area contributed by atoms with Crippen LogP contribution in [0.25, 0.3) is 0 Å². The maximum absolute atomic E-state index is 9.39. The summed E-state index contributed by atoms with van der Waals surface area (Å²) in [6, 6.07) is 7.65. The summed E-state index contributed by atoms with van der Waals surface area (Å²) in [6.45, 7) is 4.22. The molecule has 1 heterocycles. The van der Waals surface area contributed by atoms with Crippen molar-refractivity contribution in [3.05, 3.63) is 45.6 Å². The van der Waals surface area contributed by atoms with E-state index in [0.29, 0.717) is 22.9 Å². The molecule has 0 fully saturated rings. The Morgan fingerprint density at radius 2 is 2.05 bits per heavy atom. The number of benzene rings is 1. The highest BCUT2D eigenvalue weighted by Crippen LogP contribution is 2.27. The summed E-state index contributed by atoms with van der Waals surface area (Å²) < 4.78 is 5.35. The first kappa shape index (κ1) is 16.1. The average Bonchev–Trinajstić information content (AvgIpc) is 2.50. The Balaban J connectivity index is 2.38. The Kier molecular flexibility index (Phi) is 4.84. The molecule has 0 aliphatic rings. The van der Waals surface area contributed by atoms with E-state index in [4.69, 9.17) is 16.3 Å². The minimum absolute atomic E-state index is 0.510. The summed E-state index contributed by atoms with van der Waals surface area (Å²) in [7, 11) is 3.48. The van der Waals surface area contributed by atoms with Crippen molar-refractivity contribution in [1.29, 1.82) is 5.26 Å². The predicted molar refractivity (Wildman–Crippen MR) is 86.3 cm³/mol. The van der Waals surface area contributed by atoms with E-state index in [-0.39, 0.29) is 0 Å². The molecular formula is C16H17ClN4O. The minimum atomic E-state index is 0.510. The minimum Gasteiger partial charge on any atom is -0.496 e. The second kappa shape index (κ2) is 6.63. The van der Waals surface area contributed by atoms with Crippen LogP contribution in [0.1, 0.15) is 22.4 Å². The molecule has 0 radical (unpaired) electrons. The number of aryl methyl sites for hydroxylation is 1. The van der Waals surface area contributed by atoms with Crippen LogP contribution >= 0.6 is 11.6 Å². The fourth-order valence-electron chi connectivity index (χ4n) is 2.20. The lowest BCUT2D eigenvalue weighted by molar-refractivity contribution is 0.409. The molecule has 0 spiro atoms. The predicted octanol–water partition coefficient (Wildman–Crippen LogP) is 3.26. The van der Waals surface area contributed by atoms with Crippen molar-refractivity contribution in [2.24, 2.45) is 0 Å². The first-order valence-electron chi connectivity index (χ1n) is 6.75. The largest absolute Gasteiger partial charge is 0.496 e. The van der Waals surface area contributed by atoms with Gasteiger partial charge in [0.1, 0.15) is 17.4 Å². The molecule has 0 N–H and O–H groups in total. The molecule has 0 aliphatic carbocycles. The first-order valence-corrected chi connectivity index (χ1v) is 7.13. The Bertz CT molecular complexity index is 740. The number of ether oxygens (including phenoxy) is 1. The number of halogens is 1. The normalized spacial score (nSPS) is 10.2. The number of hydrogen-bond acceptors (Lipinski definition) is 5. The fourth-order valence-corrected chi connectivity index (χ4v) is 2.39. The summed E-state index contributed by atoms with van der Waals surface area (Å²) in [5.74, 6) is 1.29. The van der Waals surface area contributed by atoms with Crippen LogP contribution in [0.15, 0.2) is 18.2 Å². The molecule has 1 aromatic heterocycles. The van der Waals surface area contributed by atoms with Gasteiger partial charge >= 0.3 is 0 Å². The summed E-state index contributed by atoms with van der Waals surface area (Å²) in [6.07, 6.45) is 0. The van der Waals surface area contributed by atoms with Gasteiger partial charge in [-0.25, -0.2) is 0 Å². The van der Waals surface area contributed by atoms with Crippen molar-refractivity contribution in [2.75, 3.05) is 19.1 Å². The van der Waals surface area contributed by atoms with Gasteiger partial charge in [0.2, 0.25) is 0 Å². The lowest BCUT2D eigenvalue weighted by Crippen LogP contribution is -2.21. The van der Waals surface area contributed by atoms with Crippen LogP contribution in [-0.2, 0) is 6.54 Å². The van der Waals surface area contributed by atoms with E-state index in [1.165, 1.54) is 0 Å². The van der Waals surface area contributed by atoms with Crippen LogP contribution in [0.5, 0.6) is 5.75 Å². The number of methoxy groups -OCH3 is 1. The summed E-state index contributed by atoms with van der Waals surface area (Å²) in [5, 5.41) is 18.3. The summed E-state index contributed by atoms with van der Waals surface area (Å²) in [4.78, 5) is 1.87. The van der Waals surface area contributed by atoms with E-state index < -0.39 is 0 Å². The quantitative estimate of drug-likeness (QED) is 0.866. The number of aromatic nitrogens is 2. The molecule has 0 amide bonds. The molecule has 0 saturated carbocycles. The Morgan fingerprint density at radius 3 is 2.68 bits per heavy atom. The van der Waals surface area contributed by atoms with Gasteiger partial charge in [0.25, 0.3) is 0 Å². The van der Waals surface area contributed by atoms with Crippen LogP contribution in [0.2, 0.25) is 5.02 Å². The van der Waals surface area contributed by atoms with Crippen molar-refractivity contribution >= 4 is 17.4 Å². The Morgan fingerprint density at radius 1 is 1.32 bits per heavy atom. The third-order valence-electron chi connectivity index (χ3n) is 3.56. The van der Waals surface area contributed by atoms with E-state index in [0.717, 1.165) is 22.6 Å². The molecule has 0 aliphatic heterocycles. The van der Waals surface area contributed by atoms with Gasteiger partial charge in [0.15, 0.2) is 5.82 Å². The monoisotopic (exact) mass is 316 g/mol. The van der Waals surface area contributed by atoms with E-state index in [2.05, 4.69) is 16.3 Å². The molecule has 2 rings (SSSR count). The van der Waals surface area contributed by atoms with Gasteiger partial charge in [-0.05, 0) is 37.6 Å². The SMILES string of the molecule is COc1ccc(Cl)cc1CN(C)c1nnc(C)c(C)c1C#N. The summed E-state index contributed by atoms with van der Waals surface area (Å²) in [5.41, 5.74) is 3.06. The molecule has 114 valence electrons. The Labute approximate surface area is 135 Å². The van der Waals surface area contributed by atoms with Crippen LogP contribution in [0.3, 0.4) is 0 Å². The highest BCUT2D eigenvalue weighted by molar-refractivity contribution is 6.30. The Hall–Kier alpha value is -2.32. The molecule has 0 saturated heterocycles. The standard InChI is InChI=1S/C16H17ClN4O/c1-10-11(2)19-20-16(14(10)8-18)21(3)9-12-7-13(17)5-6-15(12)22-4/h5-7H,9H2,1-4H3. The molecular weight excluding hydrogens is 300 g/mol. The van der Waals surface area contributed by atoms with Crippen molar-refractivity contribution in [3.8, 4) is 11.8 Å². The summed E-state index contributed by atoms with van der Waals surface area (Å²) >= 11 is 6.05. The van der Waals surface area contributed by atoms with Gasteiger partial charge in [-0.2, -0.15) is 10.4 Å². The van der Waals surface area contributed by atoms with Gasteiger partial charge in [-0.15, -0.1) is 5.10 Å². The zero-order valence-corrected chi connectivity index (χ0v) is 13.8. The van der Waals surface area contributed by atoms with E-state index in [1.54, 1.807) is 13.2 Å². The van der Waals surface area contributed by atoms with E-state index >= 15 is 0 Å². The fraction of sp³-hybridized carbons (Fsp3) is 0.312. The zero-order chi connectivity index (χ0) is 16.3. The number of hydrogen-bond donors (Lipinski definition) is 0. The second-order valence-electron chi connectivity index (χ2n) is 5.03. The molecule has 5 nitrogen and oxygen atoms in total. The molecule has 22 heavy (non-hydrogen) atoms. The van der Waals surface area contributed by atoms with Gasteiger partial charge in [-0.3, -0.25) is 0 Å². The van der Waals surface area contributed by atoms with Crippen molar-refractivity contribution in [1.82, 2.24) is 10.2 Å². The lowest BCUT2D eigenvalue weighted by Gasteiger charge is -2.21. The second-order valence-corrected chi connectivity index (χ2v) is 5.47. The zero-order valence-electron chi connectivity index (χ0n) is 13.0. The first-order chi connectivity index (χ1) is 10.5. The van der Waals surface area contributed by atoms with Gasteiger partial charge in [-0.1, -0.05) is 11.6 Å². The van der Waals surface area contributed by atoms with Crippen molar-refractivity contribution in [2.45, 2.75) is 20.4 Å². The van der Waals surface area contributed by atoms with Gasteiger partial charge in [0, 0.05) is 24.2 Å². The highest BCUT2D eigenvalue weighted by atomic mass is 35.5. The van der Waals surface area contributed by atoms with E-state index in [1.807, 2.05) is 37.9 Å². The highest BCUT2D eigenvalue weighted by Gasteiger charge is 2.16. The van der Waals surface area contributed by atoms with Gasteiger partial charge in [0.05, 0.1) is 12.8 Å². The van der Waals surface area contributed by atoms with Crippen LogP contribution in [-0.4, -0.2) is 24.4 Å². The van der Waals surface area contributed by atoms with E-state index in [9.17, 15) is 5.26 Å². The van der Waals surface area contributed by atoms with Crippen LogP contribution < -0.4 is 9.64 Å². The number of nitrogens with zero attached hydrogens (tertiary/aromatic N) is 4. The molecule has 0 bridgehead atoms. The molecule has 6 heteroatoms. The van der Waals surface area contributed by atoms with Gasteiger partial charge < -0.3 is 9.64 Å². The maximum Gasteiger partial charge on any atom is 0.169 e. The number of anilines is 1. The number of rotatable bonds is 4.